The van der Waals surface area contributed by atoms with Crippen LogP contribution in [0.5, 0.6) is 0 Å². The minimum absolute atomic E-state index is 0.183. The van der Waals surface area contributed by atoms with E-state index in [9.17, 15) is 9.59 Å². The van der Waals surface area contributed by atoms with E-state index >= 15 is 0 Å². The van der Waals surface area contributed by atoms with Crippen LogP contribution >= 0.6 is 0 Å². The van der Waals surface area contributed by atoms with Crippen molar-refractivity contribution in [3.05, 3.63) is 42.0 Å². The minimum atomic E-state index is -0.857. The highest BCUT2D eigenvalue weighted by molar-refractivity contribution is 5.74. The smallest absolute Gasteiger partial charge is 0.410 e. The Hall–Kier alpha value is -2.30. The second-order valence-electron chi connectivity index (χ2n) is 4.66. The second-order valence-corrected chi connectivity index (χ2v) is 4.66. The molecule has 0 radical (unpaired) electrons. The van der Waals surface area contributed by atoms with Gasteiger partial charge in [0.2, 0.25) is 0 Å². The van der Waals surface area contributed by atoms with Gasteiger partial charge in [0, 0.05) is 13.1 Å². The molecule has 106 valence electrons. The first-order chi connectivity index (χ1) is 9.66. The van der Waals surface area contributed by atoms with Crippen LogP contribution in [0.3, 0.4) is 0 Å². The third kappa shape index (κ3) is 3.85. The van der Waals surface area contributed by atoms with Crippen molar-refractivity contribution in [3.8, 4) is 0 Å². The maximum absolute atomic E-state index is 11.7. The van der Waals surface area contributed by atoms with E-state index in [4.69, 9.17) is 9.84 Å². The molecule has 1 heterocycles. The summed E-state index contributed by atoms with van der Waals surface area (Å²) >= 11 is 0. The lowest BCUT2D eigenvalue weighted by Gasteiger charge is -2.14. The molecule has 1 amide bonds. The van der Waals surface area contributed by atoms with Crippen LogP contribution in [-0.2, 0) is 9.53 Å². The van der Waals surface area contributed by atoms with Crippen LogP contribution in [0.1, 0.15) is 12.0 Å². The van der Waals surface area contributed by atoms with Gasteiger partial charge in [0.15, 0.2) is 0 Å². The maximum atomic E-state index is 11.7. The fourth-order valence-corrected chi connectivity index (χ4v) is 2.09. The Balaban J connectivity index is 1.73. The van der Waals surface area contributed by atoms with Crippen LogP contribution in [-0.4, -0.2) is 41.8 Å². The predicted octanol–water partition coefficient (Wildman–Crippen LogP) is 2.24. The normalized spacial score (nSPS) is 18.4. The molecule has 0 aromatic heterocycles. The molecule has 20 heavy (non-hydrogen) atoms. The van der Waals surface area contributed by atoms with E-state index in [-0.39, 0.29) is 13.2 Å². The molecule has 1 atom stereocenters. The van der Waals surface area contributed by atoms with Crippen molar-refractivity contribution in [2.75, 3.05) is 19.7 Å². The Morgan fingerprint density at radius 3 is 2.75 bits per heavy atom. The summed E-state index contributed by atoms with van der Waals surface area (Å²) in [6.07, 6.45) is 3.67. The predicted molar refractivity (Wildman–Crippen MR) is 74.1 cm³/mol. The number of carboxylic acids is 1. The Morgan fingerprint density at radius 1 is 1.35 bits per heavy atom. The van der Waals surface area contributed by atoms with Gasteiger partial charge >= 0.3 is 12.1 Å². The van der Waals surface area contributed by atoms with Crippen LogP contribution in [0.2, 0.25) is 0 Å². The Bertz CT molecular complexity index is 498. The molecular formula is C15H17NO4. The third-order valence-electron chi connectivity index (χ3n) is 3.21. The standard InChI is InChI=1S/C15H17NO4/c17-14(18)13-8-9-16(11-13)15(19)20-10-4-7-12-5-2-1-3-6-12/h1-7,13H,8-11H2,(H,17,18)/b7-4+. The first kappa shape index (κ1) is 14.1. The topological polar surface area (TPSA) is 66.8 Å². The molecule has 1 unspecified atom stereocenters. The van der Waals surface area contributed by atoms with Crippen molar-refractivity contribution in [1.82, 2.24) is 4.90 Å². The number of rotatable bonds is 4. The van der Waals surface area contributed by atoms with Gasteiger partial charge in [0.25, 0.3) is 0 Å². The van der Waals surface area contributed by atoms with Crippen LogP contribution in [0.25, 0.3) is 6.08 Å². The van der Waals surface area contributed by atoms with Crippen LogP contribution in [0, 0.1) is 5.92 Å². The van der Waals surface area contributed by atoms with Crippen LogP contribution < -0.4 is 0 Å². The number of hydrogen-bond acceptors (Lipinski definition) is 3. The molecule has 0 bridgehead atoms. The van der Waals surface area contributed by atoms with Gasteiger partial charge in [-0.3, -0.25) is 4.79 Å². The molecule has 1 aliphatic rings. The fraction of sp³-hybridized carbons (Fsp3) is 0.333. The number of carbonyl (C=O) groups is 2. The van der Waals surface area contributed by atoms with Gasteiger partial charge in [-0.15, -0.1) is 0 Å². The summed E-state index contributed by atoms with van der Waals surface area (Å²) in [7, 11) is 0. The summed E-state index contributed by atoms with van der Waals surface area (Å²) in [5.74, 6) is -1.33. The SMILES string of the molecule is O=C(O)C1CCN(C(=O)OC/C=C/c2ccccc2)C1. The first-order valence-corrected chi connectivity index (χ1v) is 6.53. The van der Waals surface area contributed by atoms with Gasteiger partial charge in [-0.1, -0.05) is 36.4 Å². The van der Waals surface area contributed by atoms with Crippen LogP contribution in [0.4, 0.5) is 4.79 Å². The number of carboxylic acid groups (broad SMARTS) is 1. The summed E-state index contributed by atoms with van der Waals surface area (Å²) in [6.45, 7) is 0.858. The zero-order chi connectivity index (χ0) is 14.4. The van der Waals surface area contributed by atoms with E-state index < -0.39 is 18.0 Å². The number of aliphatic carboxylic acids is 1. The molecule has 1 N–H and O–H groups in total. The molecule has 0 saturated carbocycles. The third-order valence-corrected chi connectivity index (χ3v) is 3.21. The quantitative estimate of drug-likeness (QED) is 0.915. The van der Waals surface area contributed by atoms with Crippen LogP contribution in [0.15, 0.2) is 36.4 Å². The highest BCUT2D eigenvalue weighted by atomic mass is 16.6. The van der Waals surface area contributed by atoms with E-state index in [1.165, 1.54) is 4.90 Å². The molecule has 1 saturated heterocycles. The van der Waals surface area contributed by atoms with E-state index in [2.05, 4.69) is 0 Å². The Labute approximate surface area is 117 Å². The summed E-state index contributed by atoms with van der Waals surface area (Å²) in [5, 5.41) is 8.86. The molecule has 2 rings (SSSR count). The molecule has 0 aliphatic carbocycles. The van der Waals surface area contributed by atoms with E-state index in [0.29, 0.717) is 13.0 Å². The lowest BCUT2D eigenvalue weighted by atomic mass is 10.1. The molecular weight excluding hydrogens is 258 g/mol. The molecule has 5 nitrogen and oxygen atoms in total. The lowest BCUT2D eigenvalue weighted by molar-refractivity contribution is -0.141. The van der Waals surface area contributed by atoms with Gasteiger partial charge in [0.05, 0.1) is 5.92 Å². The van der Waals surface area contributed by atoms with Crippen molar-refractivity contribution >= 4 is 18.1 Å². The second kappa shape index (κ2) is 6.75. The van der Waals surface area contributed by atoms with E-state index in [1.54, 1.807) is 6.08 Å². The fourth-order valence-electron chi connectivity index (χ4n) is 2.09. The Kier molecular flexibility index (Phi) is 4.76. The number of carbonyl (C=O) groups excluding carboxylic acids is 1. The van der Waals surface area contributed by atoms with Gasteiger partial charge in [0.1, 0.15) is 6.61 Å². The van der Waals surface area contributed by atoms with Crippen molar-refractivity contribution in [2.45, 2.75) is 6.42 Å². The molecule has 1 aromatic rings. The highest BCUT2D eigenvalue weighted by Crippen LogP contribution is 2.17. The van der Waals surface area contributed by atoms with E-state index in [0.717, 1.165) is 5.56 Å². The van der Waals surface area contributed by atoms with Gasteiger partial charge in [-0.05, 0) is 18.1 Å². The average Bonchev–Trinajstić information content (AvgIpc) is 2.94. The monoisotopic (exact) mass is 275 g/mol. The molecule has 1 fully saturated rings. The van der Waals surface area contributed by atoms with E-state index in [1.807, 2.05) is 36.4 Å². The molecule has 5 heteroatoms. The summed E-state index contributed by atoms with van der Waals surface area (Å²) in [6, 6.07) is 9.71. The number of benzene rings is 1. The highest BCUT2D eigenvalue weighted by Gasteiger charge is 2.31. The largest absolute Gasteiger partial charge is 0.481 e. The van der Waals surface area contributed by atoms with Crippen molar-refractivity contribution < 1.29 is 19.4 Å². The average molecular weight is 275 g/mol. The minimum Gasteiger partial charge on any atom is -0.481 e. The number of nitrogens with zero attached hydrogens (tertiary/aromatic N) is 1. The molecule has 1 aromatic carbocycles. The number of likely N-dealkylation sites (tertiary alicyclic amines) is 1. The first-order valence-electron chi connectivity index (χ1n) is 6.53. The zero-order valence-electron chi connectivity index (χ0n) is 11.1. The Morgan fingerprint density at radius 2 is 2.10 bits per heavy atom. The maximum Gasteiger partial charge on any atom is 0.410 e. The van der Waals surface area contributed by atoms with Crippen molar-refractivity contribution in [3.63, 3.8) is 0 Å². The number of ether oxygens (including phenoxy) is 1. The molecule has 1 aliphatic heterocycles. The van der Waals surface area contributed by atoms with Gasteiger partial charge in [-0.25, -0.2) is 4.79 Å². The van der Waals surface area contributed by atoms with Gasteiger partial charge in [-0.2, -0.15) is 0 Å². The van der Waals surface area contributed by atoms with Crippen molar-refractivity contribution in [2.24, 2.45) is 5.92 Å². The van der Waals surface area contributed by atoms with Crippen molar-refractivity contribution in [1.29, 1.82) is 0 Å². The lowest BCUT2D eigenvalue weighted by Crippen LogP contribution is -2.30. The summed E-state index contributed by atoms with van der Waals surface area (Å²) < 4.78 is 5.08. The van der Waals surface area contributed by atoms with Gasteiger partial charge < -0.3 is 14.7 Å². The zero-order valence-corrected chi connectivity index (χ0v) is 11.1. The number of hydrogen-bond donors (Lipinski definition) is 1. The number of amides is 1. The molecule has 0 spiro atoms. The summed E-state index contributed by atoms with van der Waals surface area (Å²) in [4.78, 5) is 23.9. The summed E-state index contributed by atoms with van der Waals surface area (Å²) in [5.41, 5.74) is 1.04.